The highest BCUT2D eigenvalue weighted by atomic mass is 16.6. The molecule has 1 aromatic carbocycles. The Hall–Kier alpha value is -1.75. The number of ether oxygens (including phenoxy) is 2. The molecule has 0 aliphatic carbocycles. The first kappa shape index (κ1) is 14.2. The molecular weight excluding hydrogens is 268 g/mol. The number of amides is 1. The molecule has 0 spiro atoms. The lowest BCUT2D eigenvalue weighted by atomic mass is 10.2. The van der Waals surface area contributed by atoms with Crippen molar-refractivity contribution in [3.63, 3.8) is 0 Å². The average Bonchev–Trinajstić information content (AvgIpc) is 3.04. The van der Waals surface area contributed by atoms with E-state index in [1.807, 2.05) is 24.3 Å². The fourth-order valence-electron chi connectivity index (χ4n) is 2.78. The molecule has 1 atom stereocenters. The van der Waals surface area contributed by atoms with Gasteiger partial charge < -0.3 is 19.7 Å². The Morgan fingerprint density at radius 3 is 2.81 bits per heavy atom. The van der Waals surface area contributed by atoms with Crippen molar-refractivity contribution in [3.05, 3.63) is 24.3 Å². The maximum absolute atomic E-state index is 12.1. The van der Waals surface area contributed by atoms with Gasteiger partial charge in [-0.1, -0.05) is 12.1 Å². The summed E-state index contributed by atoms with van der Waals surface area (Å²) in [6.07, 6.45) is 3.04. The predicted molar refractivity (Wildman–Crippen MR) is 79.7 cm³/mol. The number of carbonyl (C=O) groups is 1. The second-order valence-electron chi connectivity index (χ2n) is 5.56. The lowest BCUT2D eigenvalue weighted by Crippen LogP contribution is -2.44. The van der Waals surface area contributed by atoms with Crippen molar-refractivity contribution in [2.75, 3.05) is 32.8 Å². The van der Waals surface area contributed by atoms with Crippen LogP contribution in [0.15, 0.2) is 24.3 Å². The van der Waals surface area contributed by atoms with Crippen LogP contribution in [0.4, 0.5) is 0 Å². The van der Waals surface area contributed by atoms with Gasteiger partial charge >= 0.3 is 0 Å². The van der Waals surface area contributed by atoms with Crippen molar-refractivity contribution in [2.45, 2.75) is 25.4 Å². The van der Waals surface area contributed by atoms with Gasteiger partial charge in [0.25, 0.3) is 5.91 Å². The van der Waals surface area contributed by atoms with Gasteiger partial charge in [-0.25, -0.2) is 0 Å². The van der Waals surface area contributed by atoms with E-state index in [9.17, 15) is 4.79 Å². The van der Waals surface area contributed by atoms with Crippen molar-refractivity contribution in [1.82, 2.24) is 10.2 Å². The van der Waals surface area contributed by atoms with Crippen LogP contribution >= 0.6 is 0 Å². The van der Waals surface area contributed by atoms with Gasteiger partial charge in [0.05, 0.1) is 0 Å². The third-order valence-corrected chi connectivity index (χ3v) is 3.95. The minimum atomic E-state index is -0.549. The van der Waals surface area contributed by atoms with E-state index in [0.29, 0.717) is 18.0 Å². The van der Waals surface area contributed by atoms with Gasteiger partial charge in [0.2, 0.25) is 6.10 Å². The van der Waals surface area contributed by atoms with Crippen LogP contribution in [0.3, 0.4) is 0 Å². The zero-order valence-electron chi connectivity index (χ0n) is 12.2. The second kappa shape index (κ2) is 6.80. The van der Waals surface area contributed by atoms with Crippen LogP contribution < -0.4 is 14.8 Å². The molecule has 2 aliphatic heterocycles. The predicted octanol–water partition coefficient (Wildman–Crippen LogP) is 1.43. The number of nitrogens with one attached hydrogen (secondary N) is 1. The van der Waals surface area contributed by atoms with Crippen LogP contribution in [0.1, 0.15) is 19.3 Å². The number of para-hydroxylation sites is 2. The molecular formula is C16H22N2O3. The fraction of sp³-hybridized carbons (Fsp3) is 0.562. The van der Waals surface area contributed by atoms with Crippen molar-refractivity contribution >= 4 is 5.91 Å². The number of hydrogen-bond donors (Lipinski definition) is 1. The zero-order chi connectivity index (χ0) is 14.5. The molecule has 3 rings (SSSR count). The number of benzene rings is 1. The highest BCUT2D eigenvalue weighted by Gasteiger charge is 2.26. The van der Waals surface area contributed by atoms with Crippen LogP contribution in [-0.4, -0.2) is 49.7 Å². The SMILES string of the molecule is O=C(NCCCN1CCCC1)[C@H]1COc2ccccc2O1. The maximum Gasteiger partial charge on any atom is 0.264 e. The third-order valence-electron chi connectivity index (χ3n) is 3.95. The summed E-state index contributed by atoms with van der Waals surface area (Å²) in [4.78, 5) is 14.5. The van der Waals surface area contributed by atoms with Gasteiger partial charge in [-0.05, 0) is 51.0 Å². The first-order valence-electron chi connectivity index (χ1n) is 7.71. The Kier molecular flexibility index (Phi) is 4.60. The summed E-state index contributed by atoms with van der Waals surface area (Å²) in [5, 5.41) is 2.94. The molecule has 114 valence electrons. The summed E-state index contributed by atoms with van der Waals surface area (Å²) in [5.41, 5.74) is 0. The van der Waals surface area contributed by atoms with Gasteiger partial charge in [-0.2, -0.15) is 0 Å². The van der Waals surface area contributed by atoms with E-state index in [-0.39, 0.29) is 12.5 Å². The first-order chi connectivity index (χ1) is 10.3. The van der Waals surface area contributed by atoms with E-state index in [2.05, 4.69) is 10.2 Å². The van der Waals surface area contributed by atoms with Crippen molar-refractivity contribution in [1.29, 1.82) is 0 Å². The largest absolute Gasteiger partial charge is 0.485 e. The van der Waals surface area contributed by atoms with Crippen molar-refractivity contribution < 1.29 is 14.3 Å². The topological polar surface area (TPSA) is 50.8 Å². The monoisotopic (exact) mass is 290 g/mol. The van der Waals surface area contributed by atoms with Gasteiger partial charge in [0.1, 0.15) is 6.61 Å². The van der Waals surface area contributed by atoms with Gasteiger partial charge in [-0.3, -0.25) is 4.79 Å². The Labute approximate surface area is 125 Å². The summed E-state index contributed by atoms with van der Waals surface area (Å²) < 4.78 is 11.2. The molecule has 0 aromatic heterocycles. The minimum Gasteiger partial charge on any atom is -0.485 e. The lowest BCUT2D eigenvalue weighted by Gasteiger charge is -2.25. The molecule has 5 nitrogen and oxygen atoms in total. The van der Waals surface area contributed by atoms with E-state index in [1.165, 1.54) is 25.9 Å². The zero-order valence-corrected chi connectivity index (χ0v) is 12.2. The quantitative estimate of drug-likeness (QED) is 0.834. The Morgan fingerprint density at radius 2 is 2.00 bits per heavy atom. The molecule has 1 amide bonds. The number of likely N-dealkylation sites (tertiary alicyclic amines) is 1. The van der Waals surface area contributed by atoms with Gasteiger partial charge in [-0.15, -0.1) is 0 Å². The summed E-state index contributed by atoms with van der Waals surface area (Å²) in [5.74, 6) is 1.25. The Morgan fingerprint density at radius 1 is 1.24 bits per heavy atom. The number of rotatable bonds is 5. The van der Waals surface area contributed by atoms with E-state index in [4.69, 9.17) is 9.47 Å². The van der Waals surface area contributed by atoms with E-state index < -0.39 is 6.10 Å². The number of hydrogen-bond acceptors (Lipinski definition) is 4. The first-order valence-corrected chi connectivity index (χ1v) is 7.71. The van der Waals surface area contributed by atoms with Crippen LogP contribution in [0.25, 0.3) is 0 Å². The highest BCUT2D eigenvalue weighted by Crippen LogP contribution is 2.30. The highest BCUT2D eigenvalue weighted by molar-refractivity contribution is 5.81. The molecule has 0 bridgehead atoms. The number of nitrogens with zero attached hydrogens (tertiary/aromatic N) is 1. The minimum absolute atomic E-state index is 0.0917. The molecule has 2 aliphatic rings. The summed E-state index contributed by atoms with van der Waals surface area (Å²) in [6.45, 7) is 4.42. The summed E-state index contributed by atoms with van der Waals surface area (Å²) >= 11 is 0. The lowest BCUT2D eigenvalue weighted by molar-refractivity contribution is -0.130. The molecule has 0 unspecified atom stereocenters. The summed E-state index contributed by atoms with van der Waals surface area (Å²) in [6, 6.07) is 7.43. The molecule has 1 fully saturated rings. The molecule has 1 N–H and O–H groups in total. The number of fused-ring (bicyclic) bond motifs is 1. The van der Waals surface area contributed by atoms with Crippen LogP contribution in [0.5, 0.6) is 11.5 Å². The van der Waals surface area contributed by atoms with E-state index in [1.54, 1.807) is 0 Å². The molecule has 0 radical (unpaired) electrons. The second-order valence-corrected chi connectivity index (χ2v) is 5.56. The number of carbonyl (C=O) groups excluding carboxylic acids is 1. The molecule has 2 heterocycles. The fourth-order valence-corrected chi connectivity index (χ4v) is 2.78. The van der Waals surface area contributed by atoms with Crippen molar-refractivity contribution in [3.8, 4) is 11.5 Å². The third kappa shape index (κ3) is 3.67. The Balaban J connectivity index is 1.40. The Bertz CT molecular complexity index is 486. The maximum atomic E-state index is 12.1. The molecule has 21 heavy (non-hydrogen) atoms. The van der Waals surface area contributed by atoms with E-state index in [0.717, 1.165) is 13.0 Å². The average molecular weight is 290 g/mol. The van der Waals surface area contributed by atoms with E-state index >= 15 is 0 Å². The molecule has 5 heteroatoms. The van der Waals surface area contributed by atoms with Crippen LogP contribution in [0, 0.1) is 0 Å². The molecule has 1 aromatic rings. The smallest absolute Gasteiger partial charge is 0.264 e. The van der Waals surface area contributed by atoms with Crippen LogP contribution in [-0.2, 0) is 4.79 Å². The van der Waals surface area contributed by atoms with Crippen molar-refractivity contribution in [2.24, 2.45) is 0 Å². The standard InChI is InChI=1S/C16H22N2O3/c19-16(17-8-5-11-18-9-3-4-10-18)15-12-20-13-6-1-2-7-14(13)21-15/h1-2,6-7,15H,3-5,8-12H2,(H,17,19)/t15-/m1/s1. The summed E-state index contributed by atoms with van der Waals surface area (Å²) in [7, 11) is 0. The van der Waals surface area contributed by atoms with Crippen LogP contribution in [0.2, 0.25) is 0 Å². The normalized spacial score (nSPS) is 21.2. The van der Waals surface area contributed by atoms with Gasteiger partial charge in [0.15, 0.2) is 11.5 Å². The van der Waals surface area contributed by atoms with Gasteiger partial charge in [0, 0.05) is 6.54 Å². The molecule has 0 saturated carbocycles. The molecule has 1 saturated heterocycles.